The molecule has 6 nitrogen and oxygen atoms in total. The summed E-state index contributed by atoms with van der Waals surface area (Å²) in [6, 6.07) is 3.77. The molecule has 0 aliphatic rings. The summed E-state index contributed by atoms with van der Waals surface area (Å²) in [6.07, 6.45) is 8.77. The highest BCUT2D eigenvalue weighted by molar-refractivity contribution is 5.95. The Morgan fingerprint density at radius 1 is 1.50 bits per heavy atom. The van der Waals surface area contributed by atoms with Crippen LogP contribution in [0.3, 0.4) is 0 Å². The molecule has 2 heterocycles. The van der Waals surface area contributed by atoms with Crippen molar-refractivity contribution in [3.05, 3.63) is 36.9 Å². The van der Waals surface area contributed by atoms with Gasteiger partial charge in [-0.2, -0.15) is 15.4 Å². The van der Waals surface area contributed by atoms with Gasteiger partial charge >= 0.3 is 0 Å². The number of pyridine rings is 1. The molecule has 2 aromatic heterocycles. The van der Waals surface area contributed by atoms with E-state index in [0.717, 1.165) is 11.4 Å². The highest BCUT2D eigenvalue weighted by atomic mass is 15.3. The molecule has 0 spiro atoms. The zero-order valence-corrected chi connectivity index (χ0v) is 10.1. The largest absolute Gasteiger partial charge is 0.330 e. The molecule has 0 saturated heterocycles. The number of anilines is 1. The standard InChI is InChI=1S/C12H12N6/c1-10(15-9-13)17(2)12-7-16-18(8-12)11-4-3-5-14-6-11/h3-8H,1-2H3. The lowest BCUT2D eigenvalue weighted by Gasteiger charge is -2.14. The van der Waals surface area contributed by atoms with Gasteiger partial charge in [0.15, 0.2) is 0 Å². The number of aliphatic imine (C=N–C) groups is 1. The Kier molecular flexibility index (Phi) is 3.34. The number of hydrogen-bond donors (Lipinski definition) is 0. The highest BCUT2D eigenvalue weighted by Gasteiger charge is 2.07. The number of hydrogen-bond acceptors (Lipinski definition) is 4. The van der Waals surface area contributed by atoms with Crippen LogP contribution in [0.2, 0.25) is 0 Å². The van der Waals surface area contributed by atoms with Gasteiger partial charge in [0.1, 0.15) is 5.84 Å². The Balaban J connectivity index is 2.27. The zero-order chi connectivity index (χ0) is 13.0. The van der Waals surface area contributed by atoms with Crippen LogP contribution in [0, 0.1) is 11.5 Å². The van der Waals surface area contributed by atoms with Gasteiger partial charge < -0.3 is 4.90 Å². The zero-order valence-electron chi connectivity index (χ0n) is 10.1. The van der Waals surface area contributed by atoms with E-state index in [1.807, 2.05) is 25.4 Å². The van der Waals surface area contributed by atoms with Gasteiger partial charge in [0.2, 0.25) is 6.19 Å². The van der Waals surface area contributed by atoms with E-state index in [1.165, 1.54) is 0 Å². The van der Waals surface area contributed by atoms with Gasteiger partial charge in [0.05, 0.1) is 30.0 Å². The van der Waals surface area contributed by atoms with Crippen LogP contribution in [0.1, 0.15) is 6.92 Å². The fourth-order valence-corrected chi connectivity index (χ4v) is 1.45. The van der Waals surface area contributed by atoms with E-state index in [-0.39, 0.29) is 0 Å². The number of nitrogens with zero attached hydrogens (tertiary/aromatic N) is 6. The Morgan fingerprint density at radius 3 is 3.00 bits per heavy atom. The lowest BCUT2D eigenvalue weighted by atomic mass is 10.4. The average molecular weight is 240 g/mol. The van der Waals surface area contributed by atoms with Crippen molar-refractivity contribution < 1.29 is 0 Å². The smallest absolute Gasteiger partial charge is 0.207 e. The average Bonchev–Trinajstić information content (AvgIpc) is 2.89. The minimum absolute atomic E-state index is 0.614. The van der Waals surface area contributed by atoms with Crippen LogP contribution in [0.4, 0.5) is 5.69 Å². The summed E-state index contributed by atoms with van der Waals surface area (Å²) in [5, 5.41) is 12.8. The van der Waals surface area contributed by atoms with Crippen LogP contribution in [0.5, 0.6) is 0 Å². The molecule has 0 saturated carbocycles. The van der Waals surface area contributed by atoms with Crippen molar-refractivity contribution in [2.45, 2.75) is 6.92 Å². The van der Waals surface area contributed by atoms with Crippen LogP contribution in [0.15, 0.2) is 41.9 Å². The molecule has 0 bridgehead atoms. The molecule has 0 atom stereocenters. The van der Waals surface area contributed by atoms with E-state index >= 15 is 0 Å². The van der Waals surface area contributed by atoms with Gasteiger partial charge in [-0.25, -0.2) is 4.68 Å². The lowest BCUT2D eigenvalue weighted by molar-refractivity contribution is 0.874. The monoisotopic (exact) mass is 240 g/mol. The van der Waals surface area contributed by atoms with E-state index in [9.17, 15) is 0 Å². The normalized spacial score (nSPS) is 11.1. The summed E-state index contributed by atoms with van der Waals surface area (Å²) in [5.74, 6) is 0.614. The number of nitriles is 1. The molecular formula is C12H12N6. The first kappa shape index (κ1) is 11.8. The fraction of sp³-hybridized carbons (Fsp3) is 0.167. The summed E-state index contributed by atoms with van der Waals surface area (Å²) >= 11 is 0. The summed E-state index contributed by atoms with van der Waals surface area (Å²) in [7, 11) is 1.83. The minimum Gasteiger partial charge on any atom is -0.330 e. The first-order valence-electron chi connectivity index (χ1n) is 5.34. The van der Waals surface area contributed by atoms with Crippen LogP contribution >= 0.6 is 0 Å². The molecule has 0 radical (unpaired) electrons. The van der Waals surface area contributed by atoms with Crippen LogP contribution in [-0.4, -0.2) is 27.6 Å². The van der Waals surface area contributed by atoms with Crippen molar-refractivity contribution in [2.24, 2.45) is 4.99 Å². The van der Waals surface area contributed by atoms with E-state index in [4.69, 9.17) is 5.26 Å². The second kappa shape index (κ2) is 5.10. The number of aromatic nitrogens is 3. The maximum atomic E-state index is 8.52. The van der Waals surface area contributed by atoms with Gasteiger partial charge in [-0.3, -0.25) is 4.98 Å². The van der Waals surface area contributed by atoms with E-state index < -0.39 is 0 Å². The minimum atomic E-state index is 0.614. The molecule has 0 N–H and O–H groups in total. The van der Waals surface area contributed by atoms with Crippen LogP contribution in [0.25, 0.3) is 5.69 Å². The molecule has 0 amide bonds. The molecule has 90 valence electrons. The van der Waals surface area contributed by atoms with E-state index in [0.29, 0.717) is 5.84 Å². The third-order valence-electron chi connectivity index (χ3n) is 2.56. The lowest BCUT2D eigenvalue weighted by Crippen LogP contribution is -2.22. The van der Waals surface area contributed by atoms with Gasteiger partial charge in [-0.05, 0) is 19.1 Å². The predicted octanol–water partition coefficient (Wildman–Crippen LogP) is 1.60. The first-order chi connectivity index (χ1) is 8.72. The van der Waals surface area contributed by atoms with Gasteiger partial charge in [-0.15, -0.1) is 0 Å². The maximum absolute atomic E-state index is 8.52. The van der Waals surface area contributed by atoms with Crippen molar-refractivity contribution >= 4 is 11.5 Å². The summed E-state index contributed by atoms with van der Waals surface area (Å²) in [4.78, 5) is 9.51. The second-order valence-corrected chi connectivity index (χ2v) is 3.67. The van der Waals surface area contributed by atoms with Crippen molar-refractivity contribution in [3.8, 4) is 11.9 Å². The van der Waals surface area contributed by atoms with Crippen molar-refractivity contribution in [3.63, 3.8) is 0 Å². The molecule has 0 aromatic carbocycles. The first-order valence-corrected chi connectivity index (χ1v) is 5.34. The van der Waals surface area contributed by atoms with E-state index in [2.05, 4.69) is 15.1 Å². The Bertz CT molecular complexity index is 593. The quantitative estimate of drug-likeness (QED) is 0.454. The van der Waals surface area contributed by atoms with Crippen molar-refractivity contribution in [1.29, 1.82) is 5.26 Å². The highest BCUT2D eigenvalue weighted by Crippen LogP contribution is 2.14. The molecule has 2 rings (SSSR count). The molecule has 6 heteroatoms. The van der Waals surface area contributed by atoms with Crippen LogP contribution in [-0.2, 0) is 0 Å². The molecule has 2 aromatic rings. The van der Waals surface area contributed by atoms with Gasteiger partial charge in [0, 0.05) is 13.2 Å². The molecule has 0 fully saturated rings. The molecule has 0 aliphatic carbocycles. The summed E-state index contributed by atoms with van der Waals surface area (Å²) in [6.45, 7) is 1.77. The number of rotatable bonds is 2. The Hall–Kier alpha value is -2.68. The molecule has 0 unspecified atom stereocenters. The van der Waals surface area contributed by atoms with Gasteiger partial charge in [0.25, 0.3) is 0 Å². The summed E-state index contributed by atoms with van der Waals surface area (Å²) in [5.41, 5.74) is 1.74. The Morgan fingerprint density at radius 2 is 2.33 bits per heavy atom. The molecular weight excluding hydrogens is 228 g/mol. The third-order valence-corrected chi connectivity index (χ3v) is 2.56. The second-order valence-electron chi connectivity index (χ2n) is 3.67. The SMILES string of the molecule is CC(=NC#N)N(C)c1cnn(-c2cccnc2)c1. The number of amidine groups is 1. The molecule has 18 heavy (non-hydrogen) atoms. The Labute approximate surface area is 105 Å². The van der Waals surface area contributed by atoms with Crippen molar-refractivity contribution in [2.75, 3.05) is 11.9 Å². The van der Waals surface area contributed by atoms with Gasteiger partial charge in [-0.1, -0.05) is 0 Å². The van der Waals surface area contributed by atoms with E-state index in [1.54, 1.807) is 41.3 Å². The fourth-order valence-electron chi connectivity index (χ4n) is 1.45. The third kappa shape index (κ3) is 2.35. The summed E-state index contributed by atoms with van der Waals surface area (Å²) < 4.78 is 1.72. The maximum Gasteiger partial charge on any atom is 0.207 e. The van der Waals surface area contributed by atoms with Crippen molar-refractivity contribution in [1.82, 2.24) is 14.8 Å². The topological polar surface area (TPSA) is 70.1 Å². The predicted molar refractivity (Wildman–Crippen MR) is 68.5 cm³/mol. The molecule has 0 aliphatic heterocycles. The van der Waals surface area contributed by atoms with Crippen LogP contribution < -0.4 is 4.90 Å².